The second kappa shape index (κ2) is 8.39. The number of rotatable bonds is 5. The number of piperazine rings is 1. The van der Waals surface area contributed by atoms with Gasteiger partial charge in [-0.25, -0.2) is 4.39 Å². The summed E-state index contributed by atoms with van der Waals surface area (Å²) in [5.41, 5.74) is 0.738. The van der Waals surface area contributed by atoms with Crippen molar-refractivity contribution >= 4 is 12.4 Å². The molecule has 6 heteroatoms. The second-order valence-electron chi connectivity index (χ2n) is 4.67. The van der Waals surface area contributed by atoms with E-state index in [9.17, 15) is 8.78 Å². The summed E-state index contributed by atoms with van der Waals surface area (Å²) in [5.74, 6) is 0.313. The number of alkyl halides is 1. The van der Waals surface area contributed by atoms with Gasteiger partial charge in [-0.05, 0) is 24.6 Å². The number of nitrogens with one attached hydrogen (secondary N) is 1. The van der Waals surface area contributed by atoms with Crippen LogP contribution in [-0.4, -0.2) is 44.9 Å². The van der Waals surface area contributed by atoms with Gasteiger partial charge < -0.3 is 10.1 Å². The molecule has 1 aromatic carbocycles. The summed E-state index contributed by atoms with van der Waals surface area (Å²) in [4.78, 5) is 2.19. The van der Waals surface area contributed by atoms with E-state index in [0.29, 0.717) is 12.2 Å². The van der Waals surface area contributed by atoms with Crippen molar-refractivity contribution in [1.82, 2.24) is 10.2 Å². The molecule has 1 heterocycles. The molecule has 2 rings (SSSR count). The van der Waals surface area contributed by atoms with Crippen molar-refractivity contribution < 1.29 is 13.5 Å². The second-order valence-corrected chi connectivity index (χ2v) is 4.67. The first-order valence-corrected chi connectivity index (χ1v) is 6.60. The molecular formula is C14H21ClF2N2O. The lowest BCUT2D eigenvalue weighted by atomic mass is 10.0. The fourth-order valence-corrected chi connectivity index (χ4v) is 2.60. The van der Waals surface area contributed by atoms with Gasteiger partial charge in [0.2, 0.25) is 0 Å². The Labute approximate surface area is 124 Å². The van der Waals surface area contributed by atoms with Gasteiger partial charge in [0, 0.05) is 37.8 Å². The van der Waals surface area contributed by atoms with Crippen LogP contribution in [0.3, 0.4) is 0 Å². The predicted molar refractivity (Wildman–Crippen MR) is 78.0 cm³/mol. The lowest BCUT2D eigenvalue weighted by Gasteiger charge is -2.35. The van der Waals surface area contributed by atoms with Crippen LogP contribution in [0.4, 0.5) is 8.78 Å². The maximum atomic E-state index is 13.5. The molecule has 1 aliphatic rings. The monoisotopic (exact) mass is 306 g/mol. The van der Waals surface area contributed by atoms with E-state index in [-0.39, 0.29) is 24.3 Å². The van der Waals surface area contributed by atoms with Gasteiger partial charge >= 0.3 is 0 Å². The molecule has 0 bridgehead atoms. The minimum absolute atomic E-state index is 0. The Morgan fingerprint density at radius 2 is 2.05 bits per heavy atom. The maximum absolute atomic E-state index is 13.5. The highest BCUT2D eigenvalue weighted by molar-refractivity contribution is 5.85. The Kier molecular flexibility index (Phi) is 7.19. The Balaban J connectivity index is 0.00000200. The van der Waals surface area contributed by atoms with Crippen molar-refractivity contribution in [1.29, 1.82) is 0 Å². The normalized spacial score (nSPS) is 17.4. The highest BCUT2D eigenvalue weighted by Crippen LogP contribution is 2.32. The zero-order valence-corrected chi connectivity index (χ0v) is 12.4. The molecule has 0 amide bonds. The molecule has 114 valence electrons. The molecule has 3 nitrogen and oxygen atoms in total. The molecule has 1 aromatic rings. The van der Waals surface area contributed by atoms with E-state index in [4.69, 9.17) is 4.74 Å². The summed E-state index contributed by atoms with van der Waals surface area (Å²) in [6, 6.07) is 4.31. The van der Waals surface area contributed by atoms with E-state index in [2.05, 4.69) is 10.2 Å². The van der Waals surface area contributed by atoms with Crippen molar-refractivity contribution in [2.75, 3.05) is 40.0 Å². The van der Waals surface area contributed by atoms with Crippen LogP contribution < -0.4 is 10.1 Å². The highest BCUT2D eigenvalue weighted by Gasteiger charge is 2.25. The molecule has 1 aliphatic heterocycles. The predicted octanol–water partition coefficient (Wildman–Crippen LogP) is 2.56. The lowest BCUT2D eigenvalue weighted by molar-refractivity contribution is 0.154. The molecule has 0 unspecified atom stereocenters. The first-order valence-electron chi connectivity index (χ1n) is 6.60. The minimum atomic E-state index is -0.422. The number of benzene rings is 1. The van der Waals surface area contributed by atoms with Gasteiger partial charge in [-0.1, -0.05) is 0 Å². The molecule has 0 aliphatic carbocycles. The molecule has 0 saturated carbocycles. The van der Waals surface area contributed by atoms with Gasteiger partial charge in [0.1, 0.15) is 11.6 Å². The zero-order valence-electron chi connectivity index (χ0n) is 11.6. The standard InChI is InChI=1S/C14H20F2N2O.ClH/c1-19-14-3-2-11(16)10-12(14)13(4-5-15)18-8-6-17-7-9-18;/h2-3,10,13,17H,4-9H2,1H3;1H/t13-;/m0./s1. The van der Waals surface area contributed by atoms with Crippen molar-refractivity contribution in [3.8, 4) is 5.75 Å². The smallest absolute Gasteiger partial charge is 0.123 e. The third kappa shape index (κ3) is 4.04. The molecule has 0 spiro atoms. The highest BCUT2D eigenvalue weighted by atomic mass is 35.5. The van der Waals surface area contributed by atoms with Crippen LogP contribution in [0.25, 0.3) is 0 Å². The van der Waals surface area contributed by atoms with Crippen molar-refractivity contribution in [3.63, 3.8) is 0 Å². The van der Waals surface area contributed by atoms with E-state index < -0.39 is 6.67 Å². The Bertz CT molecular complexity index is 414. The number of hydrogen-bond donors (Lipinski definition) is 1. The van der Waals surface area contributed by atoms with Crippen LogP contribution in [0, 0.1) is 5.82 Å². The largest absolute Gasteiger partial charge is 0.496 e. The fourth-order valence-electron chi connectivity index (χ4n) is 2.60. The number of halogens is 3. The number of nitrogens with zero attached hydrogens (tertiary/aromatic N) is 1. The summed E-state index contributed by atoms with van der Waals surface area (Å²) >= 11 is 0. The maximum Gasteiger partial charge on any atom is 0.123 e. The van der Waals surface area contributed by atoms with Crippen molar-refractivity contribution in [2.24, 2.45) is 0 Å². The summed E-state index contributed by atoms with van der Waals surface area (Å²) in [6.45, 7) is 3.00. The van der Waals surface area contributed by atoms with E-state index >= 15 is 0 Å². The summed E-state index contributed by atoms with van der Waals surface area (Å²) in [5, 5.41) is 3.26. The molecular weight excluding hydrogens is 286 g/mol. The summed E-state index contributed by atoms with van der Waals surface area (Å²) in [6.07, 6.45) is 0.361. The quantitative estimate of drug-likeness (QED) is 0.905. The molecule has 1 N–H and O–H groups in total. The molecule has 20 heavy (non-hydrogen) atoms. The molecule has 0 radical (unpaired) electrons. The molecule has 1 atom stereocenters. The van der Waals surface area contributed by atoms with Crippen LogP contribution in [0.15, 0.2) is 18.2 Å². The van der Waals surface area contributed by atoms with E-state index in [1.807, 2.05) is 0 Å². The van der Waals surface area contributed by atoms with Gasteiger partial charge in [0.15, 0.2) is 0 Å². The number of ether oxygens (including phenoxy) is 1. The SMILES string of the molecule is COc1ccc(F)cc1[C@H](CCF)N1CCNCC1.Cl. The van der Waals surface area contributed by atoms with E-state index in [0.717, 1.165) is 31.7 Å². The van der Waals surface area contributed by atoms with Gasteiger partial charge in [0.05, 0.1) is 13.8 Å². The average molecular weight is 307 g/mol. The molecule has 1 saturated heterocycles. The van der Waals surface area contributed by atoms with Crippen LogP contribution in [-0.2, 0) is 0 Å². The molecule has 1 fully saturated rings. The Morgan fingerprint density at radius 3 is 2.65 bits per heavy atom. The van der Waals surface area contributed by atoms with Gasteiger partial charge in [-0.3, -0.25) is 9.29 Å². The average Bonchev–Trinajstić information content (AvgIpc) is 2.45. The first kappa shape index (κ1) is 17.1. The lowest BCUT2D eigenvalue weighted by Crippen LogP contribution is -2.45. The van der Waals surface area contributed by atoms with Crippen LogP contribution in [0.1, 0.15) is 18.0 Å². The topological polar surface area (TPSA) is 24.5 Å². The van der Waals surface area contributed by atoms with E-state index in [1.54, 1.807) is 13.2 Å². The number of methoxy groups -OCH3 is 1. The molecule has 0 aromatic heterocycles. The van der Waals surface area contributed by atoms with Gasteiger partial charge in [0.25, 0.3) is 0 Å². The summed E-state index contributed by atoms with van der Waals surface area (Å²) < 4.78 is 31.6. The summed E-state index contributed by atoms with van der Waals surface area (Å²) in [7, 11) is 1.56. The van der Waals surface area contributed by atoms with Crippen LogP contribution >= 0.6 is 12.4 Å². The minimum Gasteiger partial charge on any atom is -0.496 e. The van der Waals surface area contributed by atoms with Gasteiger partial charge in [-0.15, -0.1) is 12.4 Å². The number of hydrogen-bond acceptors (Lipinski definition) is 3. The first-order chi connectivity index (χ1) is 9.26. The van der Waals surface area contributed by atoms with Crippen LogP contribution in [0.5, 0.6) is 5.75 Å². The van der Waals surface area contributed by atoms with Crippen molar-refractivity contribution in [3.05, 3.63) is 29.6 Å². The van der Waals surface area contributed by atoms with Crippen LogP contribution in [0.2, 0.25) is 0 Å². The van der Waals surface area contributed by atoms with E-state index in [1.165, 1.54) is 12.1 Å². The Hall–Kier alpha value is -0.910. The third-order valence-corrected chi connectivity index (χ3v) is 3.53. The Morgan fingerprint density at radius 1 is 1.35 bits per heavy atom. The van der Waals surface area contributed by atoms with Crippen molar-refractivity contribution in [2.45, 2.75) is 12.5 Å². The van der Waals surface area contributed by atoms with Gasteiger partial charge in [-0.2, -0.15) is 0 Å². The zero-order chi connectivity index (χ0) is 13.7. The third-order valence-electron chi connectivity index (χ3n) is 3.53. The fraction of sp³-hybridized carbons (Fsp3) is 0.571.